The number of aliphatic hydroxyl groups is 3. The number of ether oxygens (including phenoxy) is 2. The molecule has 4 aliphatic rings. The predicted molar refractivity (Wildman–Crippen MR) is 92.9 cm³/mol. The van der Waals surface area contributed by atoms with Crippen molar-refractivity contribution in [1.82, 2.24) is 0 Å². The fraction of sp³-hybridized carbons (Fsp3) is 0.700. The Labute approximate surface area is 157 Å². The number of cyclic esters (lactones) is 2. The zero-order valence-electron chi connectivity index (χ0n) is 15.6. The fourth-order valence-corrected chi connectivity index (χ4v) is 5.91. The smallest absolute Gasteiger partial charge is 0.336 e. The molecule has 1 saturated carbocycles. The molecule has 0 unspecified atom stereocenters. The van der Waals surface area contributed by atoms with Crippen molar-refractivity contribution in [2.45, 2.75) is 58.0 Å². The molecule has 1 saturated heterocycles. The lowest BCUT2D eigenvalue weighted by molar-refractivity contribution is -0.162. The molecule has 0 aromatic carbocycles. The summed E-state index contributed by atoms with van der Waals surface area (Å²) in [6.45, 7) is 4.14. The molecule has 0 radical (unpaired) electrons. The molecule has 0 bridgehead atoms. The highest BCUT2D eigenvalue weighted by Gasteiger charge is 2.65. The summed E-state index contributed by atoms with van der Waals surface area (Å²) in [5.41, 5.74) is -0.242. The standard InChI is InChI=1S/C20H26O7/c1-10-14(22)8-20-9-26-18(25)12(20)3-4-13(21)16(20)19(10,2)6-5-11-7-15(23)27-17(11)24/h3,7,10,13-16,21-23H,4-6,8-9H2,1-2H3/t10-,13+,14-,15-,16-,19+,20-/m1/s1. The number of aliphatic hydroxyl groups excluding tert-OH is 3. The second-order valence-electron chi connectivity index (χ2n) is 8.68. The van der Waals surface area contributed by atoms with E-state index in [2.05, 4.69) is 0 Å². The summed E-state index contributed by atoms with van der Waals surface area (Å²) in [7, 11) is 0. The molecule has 27 heavy (non-hydrogen) atoms. The van der Waals surface area contributed by atoms with Gasteiger partial charge in [-0.25, -0.2) is 9.59 Å². The first-order chi connectivity index (χ1) is 12.7. The highest BCUT2D eigenvalue weighted by molar-refractivity contribution is 5.93. The number of hydrogen-bond donors (Lipinski definition) is 3. The normalized spacial score (nSPS) is 46.2. The van der Waals surface area contributed by atoms with E-state index in [4.69, 9.17) is 9.47 Å². The minimum atomic E-state index is -1.21. The average Bonchev–Trinajstić information content (AvgIpc) is 3.09. The summed E-state index contributed by atoms with van der Waals surface area (Å²) in [6.07, 6.45) is 2.29. The third kappa shape index (κ3) is 2.59. The third-order valence-electron chi connectivity index (χ3n) is 7.43. The lowest BCUT2D eigenvalue weighted by Gasteiger charge is -2.59. The van der Waals surface area contributed by atoms with Crippen LogP contribution in [0.15, 0.2) is 23.3 Å². The van der Waals surface area contributed by atoms with Gasteiger partial charge in [-0.2, -0.15) is 0 Å². The molecule has 7 nitrogen and oxygen atoms in total. The van der Waals surface area contributed by atoms with E-state index in [1.54, 1.807) is 6.08 Å². The Morgan fingerprint density at radius 2 is 1.93 bits per heavy atom. The van der Waals surface area contributed by atoms with E-state index < -0.39 is 35.3 Å². The molecule has 7 heteroatoms. The zero-order valence-corrected chi connectivity index (χ0v) is 15.6. The molecule has 0 aromatic rings. The summed E-state index contributed by atoms with van der Waals surface area (Å²) < 4.78 is 10.1. The van der Waals surface area contributed by atoms with Crippen LogP contribution in [-0.2, 0) is 19.1 Å². The summed E-state index contributed by atoms with van der Waals surface area (Å²) in [5.74, 6) is -1.30. The van der Waals surface area contributed by atoms with Crippen molar-refractivity contribution in [1.29, 1.82) is 0 Å². The van der Waals surface area contributed by atoms with E-state index in [0.29, 0.717) is 36.8 Å². The molecule has 148 valence electrons. The zero-order chi connectivity index (χ0) is 19.6. The number of rotatable bonds is 3. The van der Waals surface area contributed by atoms with Gasteiger partial charge >= 0.3 is 11.9 Å². The van der Waals surface area contributed by atoms with Gasteiger partial charge in [0.2, 0.25) is 6.29 Å². The van der Waals surface area contributed by atoms with Crippen molar-refractivity contribution in [3.63, 3.8) is 0 Å². The highest BCUT2D eigenvalue weighted by atomic mass is 16.6. The van der Waals surface area contributed by atoms with Crippen LogP contribution in [0, 0.1) is 22.7 Å². The van der Waals surface area contributed by atoms with E-state index in [1.165, 1.54) is 6.08 Å². The Morgan fingerprint density at radius 1 is 1.19 bits per heavy atom. The molecule has 0 aromatic heterocycles. The van der Waals surface area contributed by atoms with E-state index >= 15 is 0 Å². The van der Waals surface area contributed by atoms with Crippen molar-refractivity contribution in [3.05, 3.63) is 23.3 Å². The minimum absolute atomic E-state index is 0.138. The number of hydrogen-bond acceptors (Lipinski definition) is 7. The Balaban J connectivity index is 1.70. The Morgan fingerprint density at radius 3 is 2.59 bits per heavy atom. The summed E-state index contributed by atoms with van der Waals surface area (Å²) in [6, 6.07) is 0. The SMILES string of the molecule is C[C@@H]1[C@H](O)C[C@@]23COC(=O)C2=CC[C@H](O)[C@@H]3[C@@]1(C)CCC1=C[C@H](O)OC1=O. The van der Waals surface area contributed by atoms with Crippen LogP contribution in [0.25, 0.3) is 0 Å². The van der Waals surface area contributed by atoms with Crippen molar-refractivity contribution in [3.8, 4) is 0 Å². The van der Waals surface area contributed by atoms with Crippen LogP contribution in [0.5, 0.6) is 0 Å². The number of carbonyl (C=O) groups is 2. The molecular formula is C20H26O7. The van der Waals surface area contributed by atoms with Gasteiger partial charge in [-0.05, 0) is 43.1 Å². The second-order valence-corrected chi connectivity index (χ2v) is 8.68. The maximum atomic E-state index is 12.3. The maximum absolute atomic E-state index is 12.3. The van der Waals surface area contributed by atoms with Gasteiger partial charge < -0.3 is 24.8 Å². The van der Waals surface area contributed by atoms with Gasteiger partial charge in [-0.1, -0.05) is 19.9 Å². The van der Waals surface area contributed by atoms with Crippen LogP contribution >= 0.6 is 0 Å². The molecule has 2 heterocycles. The predicted octanol–water partition coefficient (Wildman–Crippen LogP) is 0.826. The van der Waals surface area contributed by atoms with Gasteiger partial charge in [0.15, 0.2) is 0 Å². The molecule has 0 amide bonds. The Bertz CT molecular complexity index is 741. The Kier molecular flexibility index (Phi) is 4.25. The van der Waals surface area contributed by atoms with Crippen LogP contribution in [0.3, 0.4) is 0 Å². The van der Waals surface area contributed by atoms with Crippen molar-refractivity contribution >= 4 is 11.9 Å². The maximum Gasteiger partial charge on any atom is 0.336 e. The number of carbonyl (C=O) groups excluding carboxylic acids is 2. The minimum Gasteiger partial charge on any atom is -0.461 e. The molecular weight excluding hydrogens is 352 g/mol. The first-order valence-electron chi connectivity index (χ1n) is 9.53. The van der Waals surface area contributed by atoms with E-state index in [1.807, 2.05) is 13.8 Å². The third-order valence-corrected chi connectivity index (χ3v) is 7.43. The molecule has 1 spiro atoms. The van der Waals surface area contributed by atoms with Gasteiger partial charge in [0.25, 0.3) is 0 Å². The second kappa shape index (κ2) is 6.15. The van der Waals surface area contributed by atoms with E-state index in [-0.39, 0.29) is 24.4 Å². The monoisotopic (exact) mass is 378 g/mol. The lowest BCUT2D eigenvalue weighted by Crippen LogP contribution is -2.60. The van der Waals surface area contributed by atoms with Crippen molar-refractivity contribution in [2.24, 2.45) is 22.7 Å². The van der Waals surface area contributed by atoms with Gasteiger partial charge in [-0.3, -0.25) is 0 Å². The molecule has 2 fully saturated rings. The largest absolute Gasteiger partial charge is 0.461 e. The molecule has 3 N–H and O–H groups in total. The molecule has 2 aliphatic carbocycles. The molecule has 4 rings (SSSR count). The topological polar surface area (TPSA) is 113 Å². The van der Waals surface area contributed by atoms with Crippen LogP contribution in [-0.4, -0.2) is 52.4 Å². The van der Waals surface area contributed by atoms with Gasteiger partial charge in [-0.15, -0.1) is 0 Å². The average molecular weight is 378 g/mol. The summed E-state index contributed by atoms with van der Waals surface area (Å²) in [5, 5.41) is 31.2. The van der Waals surface area contributed by atoms with Crippen LogP contribution in [0.2, 0.25) is 0 Å². The summed E-state index contributed by atoms with van der Waals surface area (Å²) >= 11 is 0. The first-order valence-corrected chi connectivity index (χ1v) is 9.53. The van der Waals surface area contributed by atoms with Crippen molar-refractivity contribution < 1.29 is 34.4 Å². The summed E-state index contributed by atoms with van der Waals surface area (Å²) in [4.78, 5) is 24.1. The van der Waals surface area contributed by atoms with E-state index in [9.17, 15) is 24.9 Å². The lowest BCUT2D eigenvalue weighted by atomic mass is 9.45. The van der Waals surface area contributed by atoms with Crippen LogP contribution in [0.1, 0.15) is 39.5 Å². The van der Waals surface area contributed by atoms with Gasteiger partial charge in [0, 0.05) is 22.5 Å². The quantitative estimate of drug-likeness (QED) is 0.623. The molecule has 7 atom stereocenters. The van der Waals surface area contributed by atoms with Crippen LogP contribution < -0.4 is 0 Å². The first kappa shape index (κ1) is 18.7. The molecule has 2 aliphatic heterocycles. The van der Waals surface area contributed by atoms with Crippen molar-refractivity contribution in [2.75, 3.05) is 6.61 Å². The Hall–Kier alpha value is -1.70. The van der Waals surface area contributed by atoms with Gasteiger partial charge in [0.05, 0.1) is 12.2 Å². The fourth-order valence-electron chi connectivity index (χ4n) is 5.91. The van der Waals surface area contributed by atoms with E-state index in [0.717, 1.165) is 0 Å². The highest BCUT2D eigenvalue weighted by Crippen LogP contribution is 2.64. The number of esters is 2. The van der Waals surface area contributed by atoms with Gasteiger partial charge in [0.1, 0.15) is 6.61 Å². The van der Waals surface area contributed by atoms with Crippen LogP contribution in [0.4, 0.5) is 0 Å².